The highest BCUT2D eigenvalue weighted by molar-refractivity contribution is 5.95. The second-order valence-electron chi connectivity index (χ2n) is 8.29. The topological polar surface area (TPSA) is 87.6 Å². The third kappa shape index (κ3) is 4.34. The molecule has 2 aromatic heterocycles. The van der Waals surface area contributed by atoms with E-state index in [1.54, 1.807) is 42.7 Å². The van der Waals surface area contributed by atoms with Crippen molar-refractivity contribution in [3.8, 4) is 5.88 Å². The average Bonchev–Trinajstić information content (AvgIpc) is 2.81. The van der Waals surface area contributed by atoms with Crippen LogP contribution in [0, 0.1) is 5.82 Å². The first kappa shape index (κ1) is 21.6. The summed E-state index contributed by atoms with van der Waals surface area (Å²) < 4.78 is 19.7. The van der Waals surface area contributed by atoms with Crippen LogP contribution in [0.25, 0.3) is 10.8 Å². The van der Waals surface area contributed by atoms with E-state index in [0.29, 0.717) is 24.8 Å². The lowest BCUT2D eigenvalue weighted by Gasteiger charge is -2.40. The Morgan fingerprint density at radius 2 is 1.85 bits per heavy atom. The molecule has 1 atom stereocenters. The van der Waals surface area contributed by atoms with Gasteiger partial charge in [-0.2, -0.15) is 0 Å². The van der Waals surface area contributed by atoms with Crippen LogP contribution < -0.4 is 15.0 Å². The molecule has 0 saturated carbocycles. The Morgan fingerprint density at radius 1 is 1.12 bits per heavy atom. The van der Waals surface area contributed by atoms with Gasteiger partial charge in [-0.05, 0) is 60.3 Å². The molecular weight excluding hydrogens is 435 g/mol. The van der Waals surface area contributed by atoms with Crippen LogP contribution in [-0.4, -0.2) is 40.2 Å². The number of ether oxygens (including phenoxy) is 1. The number of hydrogen-bond donors (Lipinski definition) is 2. The first-order valence-electron chi connectivity index (χ1n) is 11.0. The number of anilines is 2. The molecule has 34 heavy (non-hydrogen) atoms. The van der Waals surface area contributed by atoms with Crippen molar-refractivity contribution in [3.05, 3.63) is 90.0 Å². The van der Waals surface area contributed by atoms with Gasteiger partial charge in [0.2, 0.25) is 5.88 Å². The summed E-state index contributed by atoms with van der Waals surface area (Å²) in [6.07, 6.45) is 3.36. The predicted molar refractivity (Wildman–Crippen MR) is 128 cm³/mol. The van der Waals surface area contributed by atoms with Gasteiger partial charge in [-0.15, -0.1) is 0 Å². The van der Waals surface area contributed by atoms with Gasteiger partial charge in [-0.1, -0.05) is 18.2 Å². The fourth-order valence-corrected chi connectivity index (χ4v) is 4.05. The third-order valence-corrected chi connectivity index (χ3v) is 5.95. The minimum Gasteiger partial charge on any atom is -0.478 e. The third-order valence-electron chi connectivity index (χ3n) is 5.95. The van der Waals surface area contributed by atoms with Crippen LogP contribution in [0.2, 0.25) is 0 Å². The van der Waals surface area contributed by atoms with Crippen LogP contribution in [0.15, 0.2) is 73.1 Å². The van der Waals surface area contributed by atoms with Crippen LogP contribution >= 0.6 is 0 Å². The predicted octanol–water partition coefficient (Wildman–Crippen LogP) is 4.91. The molecule has 2 aromatic carbocycles. The standard InChI is InChI=1S/C26H23FN4O3/c1-16(17-5-7-19(8-6-17)26(32)33)30-24-23-18(9-11-28-24)10-12-29-25(23)34-22-14-31(15-22)21-4-2-3-20(27)13-21/h2-13,16,22H,14-15H2,1H3,(H,28,30)(H,32,33)/t16-/m0/s1. The van der Waals surface area contributed by atoms with Crippen LogP contribution in [0.4, 0.5) is 15.9 Å². The molecule has 0 amide bonds. The van der Waals surface area contributed by atoms with Gasteiger partial charge in [0.1, 0.15) is 17.7 Å². The number of carboxylic acid groups (broad SMARTS) is 1. The highest BCUT2D eigenvalue weighted by Crippen LogP contribution is 2.33. The number of hydrogen-bond acceptors (Lipinski definition) is 6. The first-order valence-corrected chi connectivity index (χ1v) is 11.0. The van der Waals surface area contributed by atoms with Crippen molar-refractivity contribution in [1.29, 1.82) is 0 Å². The van der Waals surface area contributed by atoms with E-state index >= 15 is 0 Å². The molecule has 1 fully saturated rings. The lowest BCUT2D eigenvalue weighted by atomic mass is 10.1. The maximum absolute atomic E-state index is 13.5. The lowest BCUT2D eigenvalue weighted by molar-refractivity contribution is 0.0697. The van der Waals surface area contributed by atoms with Gasteiger partial charge in [0, 0.05) is 24.1 Å². The summed E-state index contributed by atoms with van der Waals surface area (Å²) in [7, 11) is 0. The summed E-state index contributed by atoms with van der Waals surface area (Å²) in [4.78, 5) is 22.2. The summed E-state index contributed by atoms with van der Waals surface area (Å²) in [5.74, 6) is -0.0871. The highest BCUT2D eigenvalue weighted by atomic mass is 19.1. The maximum atomic E-state index is 13.5. The minimum atomic E-state index is -0.956. The number of rotatable bonds is 7. The summed E-state index contributed by atoms with van der Waals surface area (Å²) in [5, 5.41) is 14.3. The summed E-state index contributed by atoms with van der Waals surface area (Å²) in [6.45, 7) is 3.25. The van der Waals surface area contributed by atoms with Crippen molar-refractivity contribution in [2.45, 2.75) is 19.1 Å². The SMILES string of the molecule is C[C@H](Nc1nccc2ccnc(OC3CN(c4cccc(F)c4)C3)c12)c1ccc(C(=O)O)cc1. The molecule has 3 heterocycles. The molecule has 0 aliphatic carbocycles. The molecule has 0 unspecified atom stereocenters. The number of aromatic nitrogens is 2. The average molecular weight is 458 g/mol. The molecule has 1 aliphatic heterocycles. The maximum Gasteiger partial charge on any atom is 0.335 e. The lowest BCUT2D eigenvalue weighted by Crippen LogP contribution is -2.54. The van der Waals surface area contributed by atoms with Crippen molar-refractivity contribution in [1.82, 2.24) is 9.97 Å². The fourth-order valence-electron chi connectivity index (χ4n) is 4.05. The van der Waals surface area contributed by atoms with Gasteiger partial charge < -0.3 is 20.1 Å². The molecular formula is C26H23FN4O3. The molecule has 1 saturated heterocycles. The van der Waals surface area contributed by atoms with E-state index < -0.39 is 5.97 Å². The van der Waals surface area contributed by atoms with Gasteiger partial charge >= 0.3 is 5.97 Å². The van der Waals surface area contributed by atoms with Crippen LogP contribution in [0.3, 0.4) is 0 Å². The Kier molecular flexibility index (Phi) is 5.71. The normalized spacial score (nSPS) is 14.5. The Labute approximate surface area is 195 Å². The molecule has 172 valence electrons. The second kappa shape index (κ2) is 8.97. The smallest absolute Gasteiger partial charge is 0.335 e. The number of halogens is 1. The number of fused-ring (bicyclic) bond motifs is 1. The Bertz CT molecular complexity index is 1330. The van der Waals surface area contributed by atoms with Crippen molar-refractivity contribution in [2.75, 3.05) is 23.3 Å². The summed E-state index contributed by atoms with van der Waals surface area (Å²) in [6, 6.07) is 17.0. The van der Waals surface area contributed by atoms with E-state index in [4.69, 9.17) is 9.84 Å². The van der Waals surface area contributed by atoms with Gasteiger partial charge in [0.25, 0.3) is 0 Å². The fraction of sp³-hybridized carbons (Fsp3) is 0.192. The number of carboxylic acids is 1. The molecule has 2 N–H and O–H groups in total. The number of aromatic carboxylic acids is 1. The Hall–Kier alpha value is -4.20. The Balaban J connectivity index is 1.34. The summed E-state index contributed by atoms with van der Waals surface area (Å²) >= 11 is 0. The zero-order valence-electron chi connectivity index (χ0n) is 18.5. The van der Waals surface area contributed by atoms with E-state index in [2.05, 4.69) is 20.2 Å². The molecule has 7 nitrogen and oxygen atoms in total. The summed E-state index contributed by atoms with van der Waals surface area (Å²) in [5.41, 5.74) is 2.00. The van der Waals surface area contributed by atoms with Crippen LogP contribution in [-0.2, 0) is 0 Å². The zero-order valence-corrected chi connectivity index (χ0v) is 18.5. The number of nitrogens with zero attached hydrogens (tertiary/aromatic N) is 3. The zero-order chi connectivity index (χ0) is 23.7. The van der Waals surface area contributed by atoms with Gasteiger partial charge in [0.05, 0.1) is 24.0 Å². The highest BCUT2D eigenvalue weighted by Gasteiger charge is 2.30. The molecule has 5 rings (SSSR count). The van der Waals surface area contributed by atoms with Gasteiger partial charge in [-0.3, -0.25) is 0 Å². The second-order valence-corrected chi connectivity index (χ2v) is 8.29. The van der Waals surface area contributed by atoms with Gasteiger partial charge in [-0.25, -0.2) is 19.2 Å². The van der Waals surface area contributed by atoms with Gasteiger partial charge in [0.15, 0.2) is 0 Å². The largest absolute Gasteiger partial charge is 0.478 e. The molecule has 0 radical (unpaired) electrons. The number of benzene rings is 2. The monoisotopic (exact) mass is 458 g/mol. The van der Waals surface area contributed by atoms with E-state index in [0.717, 1.165) is 22.0 Å². The molecule has 0 spiro atoms. The van der Waals surface area contributed by atoms with E-state index in [1.807, 2.05) is 25.1 Å². The van der Waals surface area contributed by atoms with Crippen molar-refractivity contribution < 1.29 is 19.0 Å². The van der Waals surface area contributed by atoms with Crippen molar-refractivity contribution >= 4 is 28.2 Å². The van der Waals surface area contributed by atoms with Crippen LogP contribution in [0.1, 0.15) is 28.9 Å². The van der Waals surface area contributed by atoms with Crippen LogP contribution in [0.5, 0.6) is 5.88 Å². The molecule has 8 heteroatoms. The van der Waals surface area contributed by atoms with E-state index in [1.165, 1.54) is 12.1 Å². The van der Waals surface area contributed by atoms with E-state index in [9.17, 15) is 9.18 Å². The quantitative estimate of drug-likeness (QED) is 0.407. The molecule has 0 bridgehead atoms. The molecule has 4 aromatic rings. The first-order chi connectivity index (χ1) is 16.5. The Morgan fingerprint density at radius 3 is 2.56 bits per heavy atom. The number of carbonyl (C=O) groups is 1. The minimum absolute atomic E-state index is 0.0737. The number of pyridine rings is 2. The van der Waals surface area contributed by atoms with Crippen molar-refractivity contribution in [3.63, 3.8) is 0 Å². The van der Waals surface area contributed by atoms with Crippen molar-refractivity contribution in [2.24, 2.45) is 0 Å². The number of nitrogens with one attached hydrogen (secondary N) is 1. The molecule has 1 aliphatic rings. The van der Waals surface area contributed by atoms with E-state index in [-0.39, 0.29) is 23.5 Å².